The summed E-state index contributed by atoms with van der Waals surface area (Å²) >= 11 is 0. The average Bonchev–Trinajstić information content (AvgIpc) is 2.46. The first-order valence-corrected chi connectivity index (χ1v) is 5.51. The molecule has 1 rings (SSSR count). The van der Waals surface area contributed by atoms with Gasteiger partial charge in [-0.25, -0.2) is 0 Å². The molecular weight excluding hydrogens is 176 g/mol. The van der Waals surface area contributed by atoms with Crippen molar-refractivity contribution < 1.29 is 4.79 Å². The molecule has 1 heterocycles. The van der Waals surface area contributed by atoms with Gasteiger partial charge in [-0.05, 0) is 27.7 Å². The molecular formula is C11H22N2O. The highest BCUT2D eigenvalue weighted by Crippen LogP contribution is 2.10. The smallest absolute Gasteiger partial charge is 0.148 e. The minimum Gasteiger partial charge on any atom is -0.305 e. The van der Waals surface area contributed by atoms with Gasteiger partial charge in [0.2, 0.25) is 0 Å². The monoisotopic (exact) mass is 198 g/mol. The van der Waals surface area contributed by atoms with E-state index in [0.29, 0.717) is 36.9 Å². The predicted molar refractivity (Wildman–Crippen MR) is 58.4 cm³/mol. The maximum atomic E-state index is 11.1. The van der Waals surface area contributed by atoms with Crippen molar-refractivity contribution in [3.05, 3.63) is 0 Å². The third kappa shape index (κ3) is 3.07. The van der Waals surface area contributed by atoms with Gasteiger partial charge in [0.25, 0.3) is 0 Å². The summed E-state index contributed by atoms with van der Waals surface area (Å²) in [5.74, 6) is 0.350. The van der Waals surface area contributed by atoms with Gasteiger partial charge in [-0.3, -0.25) is 9.69 Å². The zero-order chi connectivity index (χ0) is 10.7. The van der Waals surface area contributed by atoms with E-state index in [2.05, 4.69) is 37.9 Å². The van der Waals surface area contributed by atoms with Gasteiger partial charge in [0, 0.05) is 31.1 Å². The zero-order valence-corrected chi connectivity index (χ0v) is 9.71. The molecule has 1 aliphatic rings. The molecule has 0 radical (unpaired) electrons. The Morgan fingerprint density at radius 2 is 1.93 bits per heavy atom. The van der Waals surface area contributed by atoms with Gasteiger partial charge in [-0.1, -0.05) is 0 Å². The molecule has 1 fully saturated rings. The minimum atomic E-state index is 0.350. The van der Waals surface area contributed by atoms with E-state index in [9.17, 15) is 4.79 Å². The lowest BCUT2D eigenvalue weighted by molar-refractivity contribution is -0.116. The van der Waals surface area contributed by atoms with Crippen LogP contribution < -0.4 is 5.32 Å². The summed E-state index contributed by atoms with van der Waals surface area (Å²) in [6.07, 6.45) is 0.704. The van der Waals surface area contributed by atoms with Crippen molar-refractivity contribution in [3.63, 3.8) is 0 Å². The van der Waals surface area contributed by atoms with E-state index in [4.69, 9.17) is 0 Å². The van der Waals surface area contributed by atoms with Crippen LogP contribution in [-0.4, -0.2) is 41.9 Å². The van der Waals surface area contributed by atoms with Crippen molar-refractivity contribution in [1.82, 2.24) is 10.2 Å². The van der Waals surface area contributed by atoms with Crippen molar-refractivity contribution in [1.29, 1.82) is 0 Å². The molecule has 0 saturated carbocycles. The Morgan fingerprint density at radius 3 is 2.29 bits per heavy atom. The summed E-state index contributed by atoms with van der Waals surface area (Å²) in [5.41, 5.74) is 0. The van der Waals surface area contributed by atoms with E-state index in [1.54, 1.807) is 0 Å². The molecule has 0 amide bonds. The number of ketones is 1. The number of hydrogen-bond acceptors (Lipinski definition) is 3. The third-order valence-corrected chi connectivity index (χ3v) is 2.82. The van der Waals surface area contributed by atoms with Crippen molar-refractivity contribution in [2.45, 2.75) is 52.2 Å². The Kier molecular flexibility index (Phi) is 4.08. The molecule has 82 valence electrons. The highest BCUT2D eigenvalue weighted by molar-refractivity contribution is 5.83. The largest absolute Gasteiger partial charge is 0.305 e. The van der Waals surface area contributed by atoms with Gasteiger partial charge in [0.1, 0.15) is 5.78 Å². The van der Waals surface area contributed by atoms with Crippen LogP contribution in [0.3, 0.4) is 0 Å². The van der Waals surface area contributed by atoms with E-state index in [1.165, 1.54) is 0 Å². The van der Waals surface area contributed by atoms with Gasteiger partial charge in [0.15, 0.2) is 0 Å². The molecule has 1 atom stereocenters. The van der Waals surface area contributed by atoms with Crippen molar-refractivity contribution >= 4 is 5.78 Å². The summed E-state index contributed by atoms with van der Waals surface area (Å²) in [5, 5.41) is 3.26. The van der Waals surface area contributed by atoms with Crippen molar-refractivity contribution in [2.24, 2.45) is 0 Å². The van der Waals surface area contributed by atoms with Crippen molar-refractivity contribution in [3.8, 4) is 0 Å². The Hall–Kier alpha value is -0.410. The molecule has 0 aromatic rings. The second kappa shape index (κ2) is 4.89. The number of nitrogens with zero attached hydrogens (tertiary/aromatic N) is 1. The summed E-state index contributed by atoms with van der Waals surface area (Å²) < 4.78 is 0. The highest BCUT2D eigenvalue weighted by Gasteiger charge is 2.25. The number of carbonyl (C=O) groups is 1. The molecule has 14 heavy (non-hydrogen) atoms. The van der Waals surface area contributed by atoms with E-state index in [0.717, 1.165) is 6.54 Å². The maximum Gasteiger partial charge on any atom is 0.148 e. The number of nitrogens with one attached hydrogen (secondary N) is 1. The fourth-order valence-corrected chi connectivity index (χ4v) is 2.08. The minimum absolute atomic E-state index is 0.350. The highest BCUT2D eigenvalue weighted by atomic mass is 16.1. The van der Waals surface area contributed by atoms with Crippen LogP contribution in [0.15, 0.2) is 0 Å². The molecule has 0 bridgehead atoms. The van der Waals surface area contributed by atoms with Crippen LogP contribution >= 0.6 is 0 Å². The third-order valence-electron chi connectivity index (χ3n) is 2.82. The molecule has 0 aromatic carbocycles. The van der Waals surface area contributed by atoms with E-state index in [-0.39, 0.29) is 0 Å². The van der Waals surface area contributed by atoms with E-state index in [1.807, 2.05) is 0 Å². The first-order chi connectivity index (χ1) is 6.50. The average molecular weight is 198 g/mol. The lowest BCUT2D eigenvalue weighted by Gasteiger charge is -2.32. The molecule has 1 aliphatic heterocycles. The molecule has 3 nitrogen and oxygen atoms in total. The second-order valence-corrected chi connectivity index (χ2v) is 4.70. The Labute approximate surface area is 86.9 Å². The van der Waals surface area contributed by atoms with Crippen LogP contribution in [0.25, 0.3) is 0 Å². The summed E-state index contributed by atoms with van der Waals surface area (Å²) in [6, 6.07) is 1.47. The van der Waals surface area contributed by atoms with Crippen LogP contribution in [-0.2, 0) is 4.79 Å². The van der Waals surface area contributed by atoms with Crippen LogP contribution in [0, 0.1) is 0 Å². The first-order valence-electron chi connectivity index (χ1n) is 5.51. The van der Waals surface area contributed by atoms with Gasteiger partial charge in [0.05, 0.1) is 6.54 Å². The number of hydrogen-bond donors (Lipinski definition) is 1. The number of carbonyl (C=O) groups excluding carboxylic acids is 1. The van der Waals surface area contributed by atoms with Crippen LogP contribution in [0.5, 0.6) is 0 Å². The summed E-state index contributed by atoms with van der Waals surface area (Å²) in [6.45, 7) is 10.4. The maximum absolute atomic E-state index is 11.1. The number of Topliss-reactive ketones (excluding diaryl/α,β-unsaturated/α-hetero) is 1. The lowest BCUT2D eigenvalue weighted by atomic mass is 10.1. The Bertz CT molecular complexity index is 193. The van der Waals surface area contributed by atoms with E-state index < -0.39 is 0 Å². The molecule has 0 spiro atoms. The van der Waals surface area contributed by atoms with Gasteiger partial charge in [-0.2, -0.15) is 0 Å². The quantitative estimate of drug-likeness (QED) is 0.732. The van der Waals surface area contributed by atoms with Gasteiger partial charge in [-0.15, -0.1) is 0 Å². The molecule has 3 heteroatoms. The van der Waals surface area contributed by atoms with Crippen molar-refractivity contribution in [2.75, 3.05) is 13.1 Å². The fraction of sp³-hybridized carbons (Fsp3) is 0.909. The SMILES string of the molecule is CC(C)N(CC1CC(=O)CN1)C(C)C. The zero-order valence-electron chi connectivity index (χ0n) is 9.71. The Balaban J connectivity index is 2.43. The molecule has 0 aromatic heterocycles. The van der Waals surface area contributed by atoms with Crippen LogP contribution in [0.2, 0.25) is 0 Å². The molecule has 1 unspecified atom stereocenters. The predicted octanol–water partition coefficient (Wildman–Crippen LogP) is 1.04. The summed E-state index contributed by atoms with van der Waals surface area (Å²) in [7, 11) is 0. The Morgan fingerprint density at radius 1 is 1.36 bits per heavy atom. The van der Waals surface area contributed by atoms with Crippen LogP contribution in [0.1, 0.15) is 34.1 Å². The van der Waals surface area contributed by atoms with Gasteiger partial charge < -0.3 is 5.32 Å². The second-order valence-electron chi connectivity index (χ2n) is 4.70. The van der Waals surface area contributed by atoms with Gasteiger partial charge >= 0.3 is 0 Å². The topological polar surface area (TPSA) is 32.3 Å². The molecule has 1 saturated heterocycles. The molecule has 1 N–H and O–H groups in total. The summed E-state index contributed by atoms with van der Waals surface area (Å²) in [4.78, 5) is 13.5. The van der Waals surface area contributed by atoms with Crippen LogP contribution in [0.4, 0.5) is 0 Å². The lowest BCUT2D eigenvalue weighted by Crippen LogP contribution is -2.44. The standard InChI is InChI=1S/C11H22N2O/c1-8(2)13(9(3)4)7-10-5-11(14)6-12-10/h8-10,12H,5-7H2,1-4H3. The normalized spacial score (nSPS) is 23.1. The molecule has 0 aliphatic carbocycles. The van der Waals surface area contributed by atoms with E-state index >= 15 is 0 Å². The number of rotatable bonds is 4. The first kappa shape index (κ1) is 11.7. The fourth-order valence-electron chi connectivity index (χ4n) is 2.08.